The lowest BCUT2D eigenvalue weighted by Crippen LogP contribution is -2.39. The molecule has 0 fully saturated rings. The standard InChI is InChI=1S/C11H6F3NO2/c1-6-9(16)7-4-2-3-5-8(7)15(6)10(17)11(12,13)14/h2-5H,1H2. The highest BCUT2D eigenvalue weighted by molar-refractivity contribution is 6.25. The SMILES string of the molecule is C=C1C(=O)c2ccccc2N1C(=O)C(F)(F)F. The molecule has 1 heterocycles. The van der Waals surface area contributed by atoms with E-state index in [0.717, 1.165) is 0 Å². The van der Waals surface area contributed by atoms with E-state index in [0.29, 0.717) is 4.90 Å². The third-order valence-corrected chi connectivity index (χ3v) is 2.37. The summed E-state index contributed by atoms with van der Waals surface area (Å²) in [6.45, 7) is 3.22. The van der Waals surface area contributed by atoms with Crippen molar-refractivity contribution in [2.24, 2.45) is 0 Å². The van der Waals surface area contributed by atoms with E-state index in [1.165, 1.54) is 24.3 Å². The fourth-order valence-corrected chi connectivity index (χ4v) is 1.62. The maximum atomic E-state index is 12.4. The summed E-state index contributed by atoms with van der Waals surface area (Å²) < 4.78 is 37.1. The van der Waals surface area contributed by atoms with Crippen molar-refractivity contribution in [3.63, 3.8) is 0 Å². The predicted octanol–water partition coefficient (Wildman–Crippen LogP) is 2.29. The maximum Gasteiger partial charge on any atom is 0.472 e. The summed E-state index contributed by atoms with van der Waals surface area (Å²) in [5.74, 6) is -2.78. The van der Waals surface area contributed by atoms with Crippen LogP contribution in [-0.4, -0.2) is 17.9 Å². The largest absolute Gasteiger partial charge is 0.472 e. The van der Waals surface area contributed by atoms with E-state index in [-0.39, 0.29) is 11.3 Å². The zero-order valence-electron chi connectivity index (χ0n) is 8.41. The molecule has 0 aromatic heterocycles. The van der Waals surface area contributed by atoms with Gasteiger partial charge in [-0.3, -0.25) is 14.5 Å². The maximum absolute atomic E-state index is 12.4. The molecule has 1 aromatic rings. The van der Waals surface area contributed by atoms with Crippen molar-refractivity contribution in [2.75, 3.05) is 4.90 Å². The molecule has 0 saturated heterocycles. The average molecular weight is 241 g/mol. The van der Waals surface area contributed by atoms with Gasteiger partial charge in [-0.25, -0.2) is 0 Å². The number of alkyl halides is 3. The Morgan fingerprint density at radius 1 is 1.24 bits per heavy atom. The third-order valence-electron chi connectivity index (χ3n) is 2.37. The van der Waals surface area contributed by atoms with E-state index in [1.807, 2.05) is 0 Å². The molecule has 0 atom stereocenters. The Morgan fingerprint density at radius 3 is 2.41 bits per heavy atom. The molecule has 17 heavy (non-hydrogen) atoms. The first-order valence-corrected chi connectivity index (χ1v) is 4.58. The lowest BCUT2D eigenvalue weighted by atomic mass is 10.1. The molecule has 2 rings (SSSR count). The first-order chi connectivity index (χ1) is 7.84. The van der Waals surface area contributed by atoms with Crippen molar-refractivity contribution in [2.45, 2.75) is 6.18 Å². The minimum atomic E-state index is -5.04. The molecule has 0 N–H and O–H groups in total. The van der Waals surface area contributed by atoms with Crippen LogP contribution in [-0.2, 0) is 4.79 Å². The van der Waals surface area contributed by atoms with E-state index in [9.17, 15) is 22.8 Å². The number of halogens is 3. The van der Waals surface area contributed by atoms with E-state index in [4.69, 9.17) is 0 Å². The molecule has 1 aliphatic heterocycles. The molecule has 0 unspecified atom stereocenters. The summed E-state index contributed by atoms with van der Waals surface area (Å²) in [7, 11) is 0. The predicted molar refractivity (Wildman–Crippen MR) is 53.5 cm³/mol. The molecular formula is C11H6F3NO2. The van der Waals surface area contributed by atoms with Crippen LogP contribution in [0.25, 0.3) is 0 Å². The molecule has 1 amide bonds. The molecular weight excluding hydrogens is 235 g/mol. The summed E-state index contributed by atoms with van der Waals surface area (Å²) in [5, 5.41) is 0. The van der Waals surface area contributed by atoms with Crippen molar-refractivity contribution < 1.29 is 22.8 Å². The van der Waals surface area contributed by atoms with E-state index >= 15 is 0 Å². The summed E-state index contributed by atoms with van der Waals surface area (Å²) >= 11 is 0. The normalized spacial score (nSPS) is 15.1. The highest BCUT2D eigenvalue weighted by Crippen LogP contribution is 2.36. The summed E-state index contributed by atoms with van der Waals surface area (Å²) in [6.07, 6.45) is -5.04. The van der Waals surface area contributed by atoms with Gasteiger partial charge in [0, 0.05) is 5.56 Å². The highest BCUT2D eigenvalue weighted by Gasteiger charge is 2.48. The number of hydrogen-bond acceptors (Lipinski definition) is 2. The molecule has 1 aliphatic rings. The Balaban J connectivity index is 2.54. The lowest BCUT2D eigenvalue weighted by Gasteiger charge is -2.18. The molecule has 1 aromatic carbocycles. The van der Waals surface area contributed by atoms with Gasteiger partial charge < -0.3 is 0 Å². The van der Waals surface area contributed by atoms with Crippen molar-refractivity contribution in [3.8, 4) is 0 Å². The monoisotopic (exact) mass is 241 g/mol. The molecule has 88 valence electrons. The van der Waals surface area contributed by atoms with Gasteiger partial charge >= 0.3 is 12.1 Å². The van der Waals surface area contributed by atoms with Crippen molar-refractivity contribution in [1.82, 2.24) is 0 Å². The van der Waals surface area contributed by atoms with Gasteiger partial charge in [-0.2, -0.15) is 13.2 Å². The Hall–Kier alpha value is -2.11. The number of fused-ring (bicyclic) bond motifs is 1. The van der Waals surface area contributed by atoms with Crippen LogP contribution < -0.4 is 4.90 Å². The van der Waals surface area contributed by atoms with Crippen LogP contribution in [0.1, 0.15) is 10.4 Å². The van der Waals surface area contributed by atoms with Crippen LogP contribution in [0.4, 0.5) is 18.9 Å². The fraction of sp³-hybridized carbons (Fsp3) is 0.0909. The quantitative estimate of drug-likeness (QED) is 0.653. The van der Waals surface area contributed by atoms with Gasteiger partial charge in [0.15, 0.2) is 0 Å². The number of para-hydroxylation sites is 1. The average Bonchev–Trinajstić information content (AvgIpc) is 2.51. The molecule has 0 radical (unpaired) electrons. The number of carbonyl (C=O) groups is 2. The number of nitrogens with zero attached hydrogens (tertiary/aromatic N) is 1. The fourth-order valence-electron chi connectivity index (χ4n) is 1.62. The minimum absolute atomic E-state index is 0.0510. The van der Waals surface area contributed by atoms with E-state index in [1.54, 1.807) is 0 Å². The van der Waals surface area contributed by atoms with Gasteiger partial charge in [-0.05, 0) is 12.1 Å². The minimum Gasteiger partial charge on any atom is -0.287 e. The Morgan fingerprint density at radius 2 is 1.82 bits per heavy atom. The Bertz CT molecular complexity index is 534. The van der Waals surface area contributed by atoms with E-state index < -0.39 is 23.6 Å². The van der Waals surface area contributed by atoms with Gasteiger partial charge in [0.1, 0.15) is 0 Å². The zero-order valence-corrected chi connectivity index (χ0v) is 8.41. The van der Waals surface area contributed by atoms with Gasteiger partial charge in [0.25, 0.3) is 0 Å². The number of anilines is 1. The van der Waals surface area contributed by atoms with Crippen LogP contribution in [0.15, 0.2) is 36.5 Å². The summed E-state index contributed by atoms with van der Waals surface area (Å²) in [4.78, 5) is 23.1. The molecule has 3 nitrogen and oxygen atoms in total. The van der Waals surface area contributed by atoms with Crippen molar-refractivity contribution >= 4 is 17.4 Å². The third kappa shape index (κ3) is 1.61. The van der Waals surface area contributed by atoms with Gasteiger partial charge in [-0.1, -0.05) is 18.7 Å². The lowest BCUT2D eigenvalue weighted by molar-refractivity contribution is -0.169. The number of carbonyl (C=O) groups excluding carboxylic acids is 2. The summed E-state index contributed by atoms with van der Waals surface area (Å²) in [5.41, 5.74) is -0.506. The molecule has 0 saturated carbocycles. The van der Waals surface area contributed by atoms with Crippen molar-refractivity contribution in [1.29, 1.82) is 0 Å². The molecule has 6 heteroatoms. The topological polar surface area (TPSA) is 37.4 Å². The number of benzene rings is 1. The first kappa shape index (κ1) is 11.4. The van der Waals surface area contributed by atoms with Crippen LogP contribution >= 0.6 is 0 Å². The molecule has 0 aliphatic carbocycles. The van der Waals surface area contributed by atoms with Crippen LogP contribution in [0.2, 0.25) is 0 Å². The van der Waals surface area contributed by atoms with Gasteiger partial charge in [0.2, 0.25) is 5.78 Å². The number of amides is 1. The molecule has 0 bridgehead atoms. The highest BCUT2D eigenvalue weighted by atomic mass is 19.4. The van der Waals surface area contributed by atoms with E-state index in [2.05, 4.69) is 6.58 Å². The van der Waals surface area contributed by atoms with Crippen molar-refractivity contribution in [3.05, 3.63) is 42.1 Å². The Kier molecular flexibility index (Phi) is 2.30. The van der Waals surface area contributed by atoms with Gasteiger partial charge in [-0.15, -0.1) is 0 Å². The smallest absolute Gasteiger partial charge is 0.287 e. The Labute approximate surface area is 94.1 Å². The second kappa shape index (κ2) is 3.44. The second-order valence-corrected chi connectivity index (χ2v) is 3.43. The number of allylic oxidation sites excluding steroid dienone is 1. The second-order valence-electron chi connectivity index (χ2n) is 3.43. The number of hydrogen-bond donors (Lipinski definition) is 0. The van der Waals surface area contributed by atoms with Crippen LogP contribution in [0, 0.1) is 0 Å². The van der Waals surface area contributed by atoms with Crippen LogP contribution in [0.5, 0.6) is 0 Å². The molecule has 0 spiro atoms. The number of ketones is 1. The van der Waals surface area contributed by atoms with Crippen LogP contribution in [0.3, 0.4) is 0 Å². The summed E-state index contributed by atoms with van der Waals surface area (Å²) in [6, 6.07) is 5.58. The number of Topliss-reactive ketones (excluding diaryl/α,β-unsaturated/α-hetero) is 1. The number of rotatable bonds is 0. The van der Waals surface area contributed by atoms with Gasteiger partial charge in [0.05, 0.1) is 11.4 Å². The first-order valence-electron chi connectivity index (χ1n) is 4.58. The zero-order chi connectivity index (χ0) is 12.8.